The molecule has 1 aliphatic heterocycles. The topological polar surface area (TPSA) is 98.3 Å². The van der Waals surface area contributed by atoms with E-state index in [0.29, 0.717) is 23.1 Å². The van der Waals surface area contributed by atoms with E-state index in [0.717, 1.165) is 31.4 Å². The van der Waals surface area contributed by atoms with Crippen LogP contribution in [0.15, 0.2) is 28.3 Å². The standard InChI is InChI=1S/C18H26N4O3S2/c1-4-22-16-6-5-14(27(19,24)25)11-15(16)20-18(22)26-13(3)17(23)21-9-7-12(2)8-10-21/h5-6,11-13H,4,7-10H2,1-3H3,(H2,19,24,25). The number of thioether (sulfide) groups is 1. The number of sulfonamides is 1. The van der Waals surface area contributed by atoms with Gasteiger partial charge in [0.15, 0.2) is 5.16 Å². The van der Waals surface area contributed by atoms with Gasteiger partial charge in [-0.1, -0.05) is 18.7 Å². The summed E-state index contributed by atoms with van der Waals surface area (Å²) in [5.74, 6) is 0.807. The number of rotatable bonds is 5. The van der Waals surface area contributed by atoms with E-state index in [-0.39, 0.29) is 16.1 Å². The number of benzene rings is 1. The number of amides is 1. The Morgan fingerprint density at radius 1 is 1.37 bits per heavy atom. The van der Waals surface area contributed by atoms with Crippen molar-refractivity contribution in [1.82, 2.24) is 14.5 Å². The molecule has 0 radical (unpaired) electrons. The summed E-state index contributed by atoms with van der Waals surface area (Å²) >= 11 is 1.42. The molecule has 0 saturated carbocycles. The van der Waals surface area contributed by atoms with Crippen molar-refractivity contribution in [2.24, 2.45) is 11.1 Å². The van der Waals surface area contributed by atoms with Gasteiger partial charge in [0.05, 0.1) is 21.2 Å². The highest BCUT2D eigenvalue weighted by atomic mass is 32.2. The molecular formula is C18H26N4O3S2. The van der Waals surface area contributed by atoms with Crippen LogP contribution in [-0.4, -0.2) is 47.1 Å². The lowest BCUT2D eigenvalue weighted by atomic mass is 9.99. The molecule has 1 atom stereocenters. The Balaban J connectivity index is 1.84. The number of hydrogen-bond acceptors (Lipinski definition) is 5. The Morgan fingerprint density at radius 2 is 2.04 bits per heavy atom. The molecule has 148 valence electrons. The Labute approximate surface area is 164 Å². The summed E-state index contributed by atoms with van der Waals surface area (Å²) in [5, 5.41) is 5.68. The zero-order valence-corrected chi connectivity index (χ0v) is 17.5. The minimum absolute atomic E-state index is 0.0406. The molecule has 2 aromatic rings. The number of likely N-dealkylation sites (tertiary alicyclic amines) is 1. The second-order valence-electron chi connectivity index (χ2n) is 7.10. The smallest absolute Gasteiger partial charge is 0.238 e. The lowest BCUT2D eigenvalue weighted by Gasteiger charge is -2.32. The number of piperidine rings is 1. The molecule has 2 N–H and O–H groups in total. The zero-order chi connectivity index (χ0) is 19.8. The maximum absolute atomic E-state index is 12.8. The normalized spacial score (nSPS) is 17.4. The third-order valence-corrected chi connectivity index (χ3v) is 7.04. The SMILES string of the molecule is CCn1c(SC(C)C(=O)N2CCC(C)CC2)nc2cc(S(N)(=O)=O)ccc21. The van der Waals surface area contributed by atoms with E-state index >= 15 is 0 Å². The molecule has 3 rings (SSSR count). The van der Waals surface area contributed by atoms with Crippen molar-refractivity contribution in [2.45, 2.75) is 55.5 Å². The van der Waals surface area contributed by atoms with Crippen molar-refractivity contribution in [3.63, 3.8) is 0 Å². The van der Waals surface area contributed by atoms with Crippen LogP contribution in [0.1, 0.15) is 33.6 Å². The first-order valence-electron chi connectivity index (χ1n) is 9.19. The van der Waals surface area contributed by atoms with E-state index in [1.54, 1.807) is 6.07 Å². The fourth-order valence-electron chi connectivity index (χ4n) is 3.35. The quantitative estimate of drug-likeness (QED) is 0.764. The number of hydrogen-bond donors (Lipinski definition) is 1. The molecule has 1 aromatic carbocycles. The zero-order valence-electron chi connectivity index (χ0n) is 15.9. The maximum atomic E-state index is 12.8. The monoisotopic (exact) mass is 410 g/mol. The van der Waals surface area contributed by atoms with Crippen LogP contribution in [0.5, 0.6) is 0 Å². The molecule has 9 heteroatoms. The fraction of sp³-hybridized carbons (Fsp3) is 0.556. The van der Waals surface area contributed by atoms with E-state index in [1.165, 1.54) is 23.9 Å². The van der Waals surface area contributed by atoms with Crippen LogP contribution in [0, 0.1) is 5.92 Å². The second-order valence-corrected chi connectivity index (χ2v) is 9.97. The van der Waals surface area contributed by atoms with Crippen molar-refractivity contribution in [2.75, 3.05) is 13.1 Å². The number of nitrogens with zero attached hydrogens (tertiary/aromatic N) is 3. The van der Waals surface area contributed by atoms with Crippen molar-refractivity contribution in [3.8, 4) is 0 Å². The lowest BCUT2D eigenvalue weighted by molar-refractivity contribution is -0.131. The average molecular weight is 411 g/mol. The van der Waals surface area contributed by atoms with E-state index in [9.17, 15) is 13.2 Å². The molecule has 1 amide bonds. The molecule has 1 saturated heterocycles. The summed E-state index contributed by atoms with van der Waals surface area (Å²) in [6.07, 6.45) is 2.10. The number of carbonyl (C=O) groups excluding carboxylic acids is 1. The summed E-state index contributed by atoms with van der Waals surface area (Å²) in [6.45, 7) is 8.42. The molecular weight excluding hydrogens is 384 g/mol. The van der Waals surface area contributed by atoms with Crippen LogP contribution in [0.25, 0.3) is 11.0 Å². The second kappa shape index (κ2) is 7.81. The number of aryl methyl sites for hydroxylation is 1. The Morgan fingerprint density at radius 3 is 2.63 bits per heavy atom. The highest BCUT2D eigenvalue weighted by Gasteiger charge is 2.26. The predicted octanol–water partition coefficient (Wildman–Crippen LogP) is 2.44. The van der Waals surface area contributed by atoms with Crippen LogP contribution >= 0.6 is 11.8 Å². The molecule has 0 spiro atoms. The third kappa shape index (κ3) is 4.30. The molecule has 1 unspecified atom stereocenters. The summed E-state index contributed by atoms with van der Waals surface area (Å²) in [6, 6.07) is 4.69. The predicted molar refractivity (Wildman–Crippen MR) is 107 cm³/mol. The van der Waals surface area contributed by atoms with Crippen molar-refractivity contribution in [3.05, 3.63) is 18.2 Å². The van der Waals surface area contributed by atoms with Gasteiger partial charge >= 0.3 is 0 Å². The van der Waals surface area contributed by atoms with E-state index in [1.807, 2.05) is 23.3 Å². The van der Waals surface area contributed by atoms with Crippen LogP contribution < -0.4 is 5.14 Å². The van der Waals surface area contributed by atoms with Gasteiger partial charge < -0.3 is 9.47 Å². The number of primary sulfonamides is 1. The number of aromatic nitrogens is 2. The van der Waals surface area contributed by atoms with Gasteiger partial charge in [0.2, 0.25) is 15.9 Å². The first kappa shape index (κ1) is 20.2. The first-order valence-corrected chi connectivity index (χ1v) is 11.6. The fourth-order valence-corrected chi connectivity index (χ4v) is 4.96. The van der Waals surface area contributed by atoms with Gasteiger partial charge in [-0.15, -0.1) is 0 Å². The molecule has 1 fully saturated rings. The average Bonchev–Trinajstić information content (AvgIpc) is 2.97. The third-order valence-electron chi connectivity index (χ3n) is 5.05. The number of imidazole rings is 1. The summed E-state index contributed by atoms with van der Waals surface area (Å²) in [5.41, 5.74) is 1.40. The lowest BCUT2D eigenvalue weighted by Crippen LogP contribution is -2.41. The van der Waals surface area contributed by atoms with Crippen molar-refractivity contribution < 1.29 is 13.2 Å². The first-order chi connectivity index (χ1) is 12.7. The number of nitrogens with two attached hydrogens (primary N) is 1. The van der Waals surface area contributed by atoms with Gasteiger partial charge in [-0.05, 0) is 50.8 Å². The Kier molecular flexibility index (Phi) is 5.83. The minimum atomic E-state index is -3.78. The largest absolute Gasteiger partial charge is 0.342 e. The highest BCUT2D eigenvalue weighted by molar-refractivity contribution is 8.00. The van der Waals surface area contributed by atoms with Crippen LogP contribution in [0.4, 0.5) is 0 Å². The summed E-state index contributed by atoms with van der Waals surface area (Å²) in [4.78, 5) is 19.3. The number of carbonyl (C=O) groups is 1. The van der Waals surface area contributed by atoms with Crippen molar-refractivity contribution in [1.29, 1.82) is 0 Å². The maximum Gasteiger partial charge on any atom is 0.238 e. The van der Waals surface area contributed by atoms with E-state index < -0.39 is 10.0 Å². The molecule has 0 bridgehead atoms. The minimum Gasteiger partial charge on any atom is -0.342 e. The number of fused-ring (bicyclic) bond motifs is 1. The molecule has 0 aliphatic carbocycles. The molecule has 7 nitrogen and oxygen atoms in total. The van der Waals surface area contributed by atoms with Gasteiger partial charge in [0, 0.05) is 19.6 Å². The molecule has 1 aliphatic rings. The van der Waals surface area contributed by atoms with Gasteiger partial charge in [0.25, 0.3) is 0 Å². The van der Waals surface area contributed by atoms with Crippen LogP contribution in [0.3, 0.4) is 0 Å². The van der Waals surface area contributed by atoms with Crippen LogP contribution in [-0.2, 0) is 21.4 Å². The summed E-state index contributed by atoms with van der Waals surface area (Å²) in [7, 11) is -3.78. The van der Waals surface area contributed by atoms with Gasteiger partial charge in [-0.3, -0.25) is 4.79 Å². The Bertz CT molecular complexity index is 947. The van der Waals surface area contributed by atoms with Gasteiger partial charge in [-0.25, -0.2) is 18.5 Å². The highest BCUT2D eigenvalue weighted by Crippen LogP contribution is 2.30. The van der Waals surface area contributed by atoms with Gasteiger partial charge in [-0.2, -0.15) is 0 Å². The summed E-state index contributed by atoms with van der Waals surface area (Å²) < 4.78 is 25.2. The van der Waals surface area contributed by atoms with Gasteiger partial charge in [0.1, 0.15) is 0 Å². The Hall–Kier alpha value is -1.58. The van der Waals surface area contributed by atoms with E-state index in [2.05, 4.69) is 11.9 Å². The van der Waals surface area contributed by atoms with Crippen molar-refractivity contribution >= 4 is 38.7 Å². The van der Waals surface area contributed by atoms with E-state index in [4.69, 9.17) is 5.14 Å². The van der Waals surface area contributed by atoms with Crippen LogP contribution in [0.2, 0.25) is 0 Å². The molecule has 27 heavy (non-hydrogen) atoms. The molecule has 1 aromatic heterocycles. The molecule has 2 heterocycles.